The summed E-state index contributed by atoms with van der Waals surface area (Å²) >= 11 is 0. The van der Waals surface area contributed by atoms with E-state index in [1.165, 1.54) is 6.20 Å². The van der Waals surface area contributed by atoms with Gasteiger partial charge < -0.3 is 10.1 Å². The van der Waals surface area contributed by atoms with E-state index >= 15 is 0 Å². The van der Waals surface area contributed by atoms with E-state index in [4.69, 9.17) is 4.74 Å². The lowest BCUT2D eigenvalue weighted by Crippen LogP contribution is -2.32. The number of anilines is 1. The van der Waals surface area contributed by atoms with Crippen molar-refractivity contribution >= 4 is 23.7 Å². The number of benzene rings is 1. The standard InChI is InChI=1S/C19H21N5O4/c1-19(2,3)28-18(27)22-13-10-20-14(9-12-16(25)24-17(26)21-12)23-15(13)11-7-5-4-6-8-11/h4-8,10,12H,9H2,1-3H3,(H,22,27)(H2,21,24,25,26). The van der Waals surface area contributed by atoms with Crippen LogP contribution in [-0.2, 0) is 16.0 Å². The predicted molar refractivity (Wildman–Crippen MR) is 101 cm³/mol. The van der Waals surface area contributed by atoms with Gasteiger partial charge in [-0.15, -0.1) is 0 Å². The molecule has 3 rings (SSSR count). The summed E-state index contributed by atoms with van der Waals surface area (Å²) in [7, 11) is 0. The Labute approximate surface area is 161 Å². The lowest BCUT2D eigenvalue weighted by molar-refractivity contribution is -0.120. The fourth-order valence-electron chi connectivity index (χ4n) is 2.62. The van der Waals surface area contributed by atoms with Gasteiger partial charge in [-0.1, -0.05) is 30.3 Å². The first kappa shape index (κ1) is 19.3. The monoisotopic (exact) mass is 383 g/mol. The van der Waals surface area contributed by atoms with Crippen LogP contribution in [0.2, 0.25) is 0 Å². The van der Waals surface area contributed by atoms with Crippen molar-refractivity contribution < 1.29 is 19.1 Å². The van der Waals surface area contributed by atoms with Gasteiger partial charge in [0.2, 0.25) is 0 Å². The molecule has 9 heteroatoms. The third-order valence-electron chi connectivity index (χ3n) is 3.77. The number of ether oxygens (including phenoxy) is 1. The van der Waals surface area contributed by atoms with Gasteiger partial charge in [-0.3, -0.25) is 15.4 Å². The highest BCUT2D eigenvalue weighted by Gasteiger charge is 2.30. The lowest BCUT2D eigenvalue weighted by Gasteiger charge is -2.20. The number of amides is 4. The number of aromatic nitrogens is 2. The first-order chi connectivity index (χ1) is 13.2. The molecule has 0 saturated carbocycles. The third-order valence-corrected chi connectivity index (χ3v) is 3.77. The summed E-state index contributed by atoms with van der Waals surface area (Å²) in [4.78, 5) is 43.9. The molecule has 0 spiro atoms. The van der Waals surface area contributed by atoms with Crippen LogP contribution in [-0.4, -0.2) is 39.6 Å². The van der Waals surface area contributed by atoms with Crippen LogP contribution in [0, 0.1) is 0 Å². The molecule has 1 fully saturated rings. The number of rotatable bonds is 4. The number of carbonyl (C=O) groups is 3. The first-order valence-electron chi connectivity index (χ1n) is 8.74. The normalized spacial score (nSPS) is 16.3. The van der Waals surface area contributed by atoms with Crippen molar-refractivity contribution in [2.75, 3.05) is 5.32 Å². The summed E-state index contributed by atoms with van der Waals surface area (Å²) in [5.74, 6) is -0.0678. The molecule has 28 heavy (non-hydrogen) atoms. The summed E-state index contributed by atoms with van der Waals surface area (Å²) < 4.78 is 5.29. The molecule has 0 radical (unpaired) electrons. The van der Waals surface area contributed by atoms with Crippen molar-refractivity contribution in [3.63, 3.8) is 0 Å². The van der Waals surface area contributed by atoms with E-state index in [1.807, 2.05) is 30.3 Å². The Morgan fingerprint density at radius 1 is 1.21 bits per heavy atom. The fourth-order valence-corrected chi connectivity index (χ4v) is 2.62. The molecule has 1 unspecified atom stereocenters. The predicted octanol–water partition coefficient (Wildman–Crippen LogP) is 2.24. The number of carbonyl (C=O) groups excluding carboxylic acids is 3. The minimum atomic E-state index is -0.735. The van der Waals surface area contributed by atoms with Crippen LogP contribution >= 0.6 is 0 Å². The molecule has 1 aromatic heterocycles. The Hall–Kier alpha value is -3.49. The maximum atomic E-state index is 12.2. The molecule has 4 amide bonds. The Kier molecular flexibility index (Phi) is 5.25. The molecule has 9 nitrogen and oxygen atoms in total. The number of nitrogens with zero attached hydrogens (tertiary/aromatic N) is 2. The van der Waals surface area contributed by atoms with Crippen LogP contribution in [0.3, 0.4) is 0 Å². The van der Waals surface area contributed by atoms with Crippen LogP contribution in [0.4, 0.5) is 15.3 Å². The highest BCUT2D eigenvalue weighted by atomic mass is 16.6. The number of imide groups is 1. The van der Waals surface area contributed by atoms with E-state index < -0.39 is 29.7 Å². The second-order valence-electron chi connectivity index (χ2n) is 7.26. The molecule has 1 atom stereocenters. The van der Waals surface area contributed by atoms with Gasteiger partial charge in [-0.2, -0.15) is 0 Å². The molecule has 1 aliphatic heterocycles. The fraction of sp³-hybridized carbons (Fsp3) is 0.316. The molecule has 0 bridgehead atoms. The summed E-state index contributed by atoms with van der Waals surface area (Å²) in [6, 6.07) is 7.97. The molecule has 3 N–H and O–H groups in total. The smallest absolute Gasteiger partial charge is 0.412 e. The lowest BCUT2D eigenvalue weighted by atomic mass is 10.1. The van der Waals surface area contributed by atoms with Gasteiger partial charge in [-0.25, -0.2) is 19.6 Å². The van der Waals surface area contributed by atoms with Crippen LogP contribution in [0.15, 0.2) is 36.5 Å². The Bertz CT molecular complexity index is 908. The van der Waals surface area contributed by atoms with E-state index in [9.17, 15) is 14.4 Å². The third kappa shape index (κ3) is 4.81. The number of nitrogens with one attached hydrogen (secondary N) is 3. The van der Waals surface area contributed by atoms with E-state index in [1.54, 1.807) is 20.8 Å². The van der Waals surface area contributed by atoms with E-state index in [0.717, 1.165) is 5.56 Å². The summed E-state index contributed by atoms with van der Waals surface area (Å²) in [5.41, 5.74) is 0.980. The Morgan fingerprint density at radius 3 is 2.54 bits per heavy atom. The van der Waals surface area contributed by atoms with Crippen molar-refractivity contribution in [3.8, 4) is 11.3 Å². The number of urea groups is 1. The van der Waals surface area contributed by atoms with Crippen molar-refractivity contribution in [3.05, 3.63) is 42.4 Å². The Morgan fingerprint density at radius 2 is 1.93 bits per heavy atom. The summed E-state index contributed by atoms with van der Waals surface area (Å²) in [6.45, 7) is 5.31. The van der Waals surface area contributed by atoms with Crippen molar-refractivity contribution in [2.24, 2.45) is 0 Å². The Balaban J connectivity index is 1.88. The van der Waals surface area contributed by atoms with Gasteiger partial charge >= 0.3 is 12.1 Å². The van der Waals surface area contributed by atoms with E-state index in [0.29, 0.717) is 17.2 Å². The van der Waals surface area contributed by atoms with Gasteiger partial charge in [0.1, 0.15) is 17.5 Å². The zero-order valence-electron chi connectivity index (χ0n) is 15.8. The van der Waals surface area contributed by atoms with Gasteiger partial charge in [0.15, 0.2) is 0 Å². The van der Waals surface area contributed by atoms with E-state index in [-0.39, 0.29) is 6.42 Å². The van der Waals surface area contributed by atoms with Gasteiger partial charge in [0.25, 0.3) is 5.91 Å². The van der Waals surface area contributed by atoms with E-state index in [2.05, 4.69) is 25.9 Å². The van der Waals surface area contributed by atoms with Crippen molar-refractivity contribution in [1.29, 1.82) is 0 Å². The topological polar surface area (TPSA) is 122 Å². The van der Waals surface area contributed by atoms with Crippen molar-refractivity contribution in [2.45, 2.75) is 38.8 Å². The summed E-state index contributed by atoms with van der Waals surface area (Å²) in [5, 5.41) is 7.36. The van der Waals surface area contributed by atoms with Crippen LogP contribution in [0.5, 0.6) is 0 Å². The molecule has 1 aliphatic rings. The zero-order valence-corrected chi connectivity index (χ0v) is 15.8. The molecule has 2 heterocycles. The average molecular weight is 383 g/mol. The first-order valence-corrected chi connectivity index (χ1v) is 8.74. The molecular formula is C19H21N5O4. The quantitative estimate of drug-likeness (QED) is 0.696. The summed E-state index contributed by atoms with van der Waals surface area (Å²) in [6.07, 6.45) is 0.969. The van der Waals surface area contributed by atoms with Crippen LogP contribution < -0.4 is 16.0 Å². The number of hydrogen-bond acceptors (Lipinski definition) is 6. The minimum Gasteiger partial charge on any atom is -0.444 e. The highest BCUT2D eigenvalue weighted by Crippen LogP contribution is 2.26. The number of hydrogen-bond donors (Lipinski definition) is 3. The maximum Gasteiger partial charge on any atom is 0.412 e. The molecule has 2 aromatic rings. The molecule has 146 valence electrons. The zero-order chi connectivity index (χ0) is 20.3. The largest absolute Gasteiger partial charge is 0.444 e. The average Bonchev–Trinajstić information content (AvgIpc) is 2.92. The molecule has 1 saturated heterocycles. The van der Waals surface area contributed by atoms with Crippen molar-refractivity contribution in [1.82, 2.24) is 20.6 Å². The second-order valence-corrected chi connectivity index (χ2v) is 7.26. The molecule has 1 aromatic carbocycles. The molecule has 0 aliphatic carbocycles. The SMILES string of the molecule is CC(C)(C)OC(=O)Nc1cnc(CC2NC(=O)NC2=O)nc1-c1ccccc1. The van der Waals surface area contributed by atoms with Crippen LogP contribution in [0.1, 0.15) is 26.6 Å². The second kappa shape index (κ2) is 7.63. The highest BCUT2D eigenvalue weighted by molar-refractivity contribution is 6.04. The van der Waals surface area contributed by atoms with Crippen LogP contribution in [0.25, 0.3) is 11.3 Å². The van der Waals surface area contributed by atoms with Gasteiger partial charge in [-0.05, 0) is 20.8 Å². The maximum absolute atomic E-state index is 12.2. The minimum absolute atomic E-state index is 0.129. The molecular weight excluding hydrogens is 362 g/mol. The van der Waals surface area contributed by atoms with Gasteiger partial charge in [0, 0.05) is 12.0 Å². The van der Waals surface area contributed by atoms with Gasteiger partial charge in [0.05, 0.1) is 17.6 Å².